The third-order valence-electron chi connectivity index (χ3n) is 3.79. The van der Waals surface area contributed by atoms with Crippen molar-refractivity contribution in [3.8, 4) is 11.3 Å². The lowest BCUT2D eigenvalue weighted by Crippen LogP contribution is -2.19. The van der Waals surface area contributed by atoms with Gasteiger partial charge in [-0.1, -0.05) is 35.9 Å². The van der Waals surface area contributed by atoms with Gasteiger partial charge in [0.25, 0.3) is 0 Å². The summed E-state index contributed by atoms with van der Waals surface area (Å²) in [6.07, 6.45) is 0. The second kappa shape index (κ2) is 6.84. The minimum Gasteiger partial charge on any atom is -0.307 e. The fraction of sp³-hybridized carbons (Fsp3) is 0.158. The van der Waals surface area contributed by atoms with Crippen LogP contribution in [-0.2, 0) is 0 Å². The molecular formula is C19H19N3OS. The van der Waals surface area contributed by atoms with Gasteiger partial charge in [-0.15, -0.1) is 11.3 Å². The maximum absolute atomic E-state index is 12.1. The number of thiazole rings is 1. The highest BCUT2D eigenvalue weighted by molar-refractivity contribution is 7.14. The van der Waals surface area contributed by atoms with Crippen molar-refractivity contribution < 1.29 is 4.79 Å². The summed E-state index contributed by atoms with van der Waals surface area (Å²) in [6.45, 7) is 6.08. The van der Waals surface area contributed by atoms with Crippen molar-refractivity contribution in [1.82, 2.24) is 4.98 Å². The standard InChI is InChI=1S/C19H19N3OS/c1-12-8-9-13(2)15(10-12)17-11-24-19(21-17)22-18(23)20-16-7-5-4-6-14(16)3/h4-11H,1-3H3,(H2,20,21,22,23). The first-order valence-electron chi connectivity index (χ1n) is 7.70. The van der Waals surface area contributed by atoms with Crippen molar-refractivity contribution in [2.75, 3.05) is 10.6 Å². The van der Waals surface area contributed by atoms with Crippen LogP contribution in [-0.4, -0.2) is 11.0 Å². The quantitative estimate of drug-likeness (QED) is 0.674. The van der Waals surface area contributed by atoms with Gasteiger partial charge >= 0.3 is 6.03 Å². The number of aryl methyl sites for hydroxylation is 3. The minimum absolute atomic E-state index is 0.286. The predicted octanol–water partition coefficient (Wildman–Crippen LogP) is 5.38. The second-order valence-corrected chi connectivity index (χ2v) is 6.61. The molecule has 2 N–H and O–H groups in total. The molecule has 0 radical (unpaired) electrons. The molecule has 2 amide bonds. The molecule has 0 atom stereocenters. The van der Waals surface area contributed by atoms with Crippen molar-refractivity contribution in [2.45, 2.75) is 20.8 Å². The normalized spacial score (nSPS) is 10.5. The highest BCUT2D eigenvalue weighted by atomic mass is 32.1. The summed E-state index contributed by atoms with van der Waals surface area (Å²) in [6, 6.07) is 13.7. The van der Waals surface area contributed by atoms with E-state index in [9.17, 15) is 4.79 Å². The number of amides is 2. The number of rotatable bonds is 3. The molecule has 0 saturated carbocycles. The number of carbonyl (C=O) groups is 1. The molecule has 4 nitrogen and oxygen atoms in total. The van der Waals surface area contributed by atoms with E-state index in [0.717, 1.165) is 22.5 Å². The van der Waals surface area contributed by atoms with Crippen molar-refractivity contribution in [1.29, 1.82) is 0 Å². The Balaban J connectivity index is 1.73. The fourth-order valence-electron chi connectivity index (χ4n) is 2.43. The summed E-state index contributed by atoms with van der Waals surface area (Å²) in [5, 5.41) is 8.19. The van der Waals surface area contributed by atoms with E-state index in [4.69, 9.17) is 0 Å². The van der Waals surface area contributed by atoms with Gasteiger partial charge in [-0.3, -0.25) is 5.32 Å². The summed E-state index contributed by atoms with van der Waals surface area (Å²) in [4.78, 5) is 16.7. The van der Waals surface area contributed by atoms with E-state index in [0.29, 0.717) is 5.13 Å². The first-order chi connectivity index (χ1) is 11.5. The lowest BCUT2D eigenvalue weighted by atomic mass is 10.0. The van der Waals surface area contributed by atoms with Gasteiger partial charge in [0, 0.05) is 16.6 Å². The van der Waals surface area contributed by atoms with Crippen molar-refractivity contribution in [3.63, 3.8) is 0 Å². The number of para-hydroxylation sites is 1. The van der Waals surface area contributed by atoms with Crippen molar-refractivity contribution in [2.24, 2.45) is 0 Å². The van der Waals surface area contributed by atoms with Crippen LogP contribution in [0.2, 0.25) is 0 Å². The number of urea groups is 1. The number of hydrogen-bond acceptors (Lipinski definition) is 3. The largest absolute Gasteiger partial charge is 0.325 e. The van der Waals surface area contributed by atoms with Gasteiger partial charge in [0.1, 0.15) is 0 Å². The van der Waals surface area contributed by atoms with Crippen LogP contribution in [0.3, 0.4) is 0 Å². The van der Waals surface area contributed by atoms with Gasteiger partial charge in [0.2, 0.25) is 0 Å². The summed E-state index contributed by atoms with van der Waals surface area (Å²) >= 11 is 1.42. The first-order valence-corrected chi connectivity index (χ1v) is 8.57. The third-order valence-corrected chi connectivity index (χ3v) is 4.54. The van der Waals surface area contributed by atoms with Crippen LogP contribution in [0, 0.1) is 20.8 Å². The number of aromatic nitrogens is 1. The molecule has 0 unspecified atom stereocenters. The molecule has 5 heteroatoms. The summed E-state index contributed by atoms with van der Waals surface area (Å²) in [5.41, 5.74) is 6.15. The zero-order chi connectivity index (χ0) is 17.1. The monoisotopic (exact) mass is 337 g/mol. The number of nitrogens with one attached hydrogen (secondary N) is 2. The molecule has 122 valence electrons. The number of carbonyl (C=O) groups excluding carboxylic acids is 1. The van der Waals surface area contributed by atoms with Gasteiger partial charge in [0.15, 0.2) is 5.13 Å². The Bertz CT molecular complexity index is 886. The number of benzene rings is 2. The van der Waals surface area contributed by atoms with Crippen LogP contribution in [0.4, 0.5) is 15.6 Å². The van der Waals surface area contributed by atoms with Gasteiger partial charge in [-0.2, -0.15) is 0 Å². The van der Waals surface area contributed by atoms with Gasteiger partial charge in [-0.05, 0) is 44.0 Å². The second-order valence-electron chi connectivity index (χ2n) is 5.75. The molecule has 0 fully saturated rings. The van der Waals surface area contributed by atoms with E-state index >= 15 is 0 Å². The highest BCUT2D eigenvalue weighted by Crippen LogP contribution is 2.28. The summed E-state index contributed by atoms with van der Waals surface area (Å²) in [7, 11) is 0. The van der Waals surface area contributed by atoms with E-state index in [1.165, 1.54) is 22.5 Å². The van der Waals surface area contributed by atoms with Crippen LogP contribution in [0.25, 0.3) is 11.3 Å². The molecule has 3 rings (SSSR count). The molecule has 3 aromatic rings. The van der Waals surface area contributed by atoms with Crippen molar-refractivity contribution >= 4 is 28.2 Å². The SMILES string of the molecule is Cc1ccc(C)c(-c2csc(NC(=O)Nc3ccccc3C)n2)c1. The van der Waals surface area contributed by atoms with E-state index < -0.39 is 0 Å². The smallest absolute Gasteiger partial charge is 0.307 e. The Morgan fingerprint density at radius 2 is 1.79 bits per heavy atom. The molecule has 24 heavy (non-hydrogen) atoms. The molecule has 2 aromatic carbocycles. The molecule has 1 aromatic heterocycles. The topological polar surface area (TPSA) is 54.0 Å². The van der Waals surface area contributed by atoms with Crippen LogP contribution < -0.4 is 10.6 Å². The minimum atomic E-state index is -0.286. The third kappa shape index (κ3) is 3.63. The molecule has 0 spiro atoms. The Labute approximate surface area is 145 Å². The van der Waals surface area contributed by atoms with Crippen LogP contribution in [0.1, 0.15) is 16.7 Å². The summed E-state index contributed by atoms with van der Waals surface area (Å²) in [5.74, 6) is 0. The molecule has 0 aliphatic rings. The molecule has 0 bridgehead atoms. The number of hydrogen-bond donors (Lipinski definition) is 2. The molecule has 0 saturated heterocycles. The summed E-state index contributed by atoms with van der Waals surface area (Å²) < 4.78 is 0. The molecular weight excluding hydrogens is 318 g/mol. The number of nitrogens with zero attached hydrogens (tertiary/aromatic N) is 1. The van der Waals surface area contributed by atoms with E-state index in [2.05, 4.69) is 47.7 Å². The molecule has 1 heterocycles. The Hall–Kier alpha value is -2.66. The van der Waals surface area contributed by atoms with Crippen molar-refractivity contribution in [3.05, 3.63) is 64.5 Å². The first kappa shape index (κ1) is 16.2. The fourth-order valence-corrected chi connectivity index (χ4v) is 3.14. The van der Waals surface area contributed by atoms with Crippen LogP contribution in [0.5, 0.6) is 0 Å². The maximum Gasteiger partial charge on any atom is 0.325 e. The van der Waals surface area contributed by atoms with E-state index in [-0.39, 0.29) is 6.03 Å². The average molecular weight is 337 g/mol. The Morgan fingerprint density at radius 1 is 1.00 bits per heavy atom. The Kier molecular flexibility index (Phi) is 4.62. The lowest BCUT2D eigenvalue weighted by Gasteiger charge is -2.08. The average Bonchev–Trinajstić information content (AvgIpc) is 3.00. The highest BCUT2D eigenvalue weighted by Gasteiger charge is 2.10. The molecule has 0 aliphatic heterocycles. The zero-order valence-electron chi connectivity index (χ0n) is 13.9. The van der Waals surface area contributed by atoms with E-state index in [1.807, 2.05) is 36.6 Å². The predicted molar refractivity (Wildman–Crippen MR) is 101 cm³/mol. The van der Waals surface area contributed by atoms with Gasteiger partial charge in [-0.25, -0.2) is 9.78 Å². The van der Waals surface area contributed by atoms with Gasteiger partial charge < -0.3 is 5.32 Å². The van der Waals surface area contributed by atoms with Crippen LogP contribution >= 0.6 is 11.3 Å². The maximum atomic E-state index is 12.1. The number of anilines is 2. The lowest BCUT2D eigenvalue weighted by molar-refractivity contribution is 0.262. The van der Waals surface area contributed by atoms with Gasteiger partial charge in [0.05, 0.1) is 5.69 Å². The Morgan fingerprint density at radius 3 is 2.58 bits per heavy atom. The zero-order valence-corrected chi connectivity index (χ0v) is 14.7. The van der Waals surface area contributed by atoms with E-state index in [1.54, 1.807) is 0 Å². The van der Waals surface area contributed by atoms with Crippen LogP contribution in [0.15, 0.2) is 47.8 Å². The molecule has 0 aliphatic carbocycles.